The van der Waals surface area contributed by atoms with Gasteiger partial charge in [0.15, 0.2) is 0 Å². The summed E-state index contributed by atoms with van der Waals surface area (Å²) in [6.45, 7) is 7.16. The Bertz CT molecular complexity index is 610. The third kappa shape index (κ3) is 3.03. The quantitative estimate of drug-likeness (QED) is 0.813. The van der Waals surface area contributed by atoms with Gasteiger partial charge in [0.2, 0.25) is 0 Å². The third-order valence-corrected chi connectivity index (χ3v) is 4.11. The van der Waals surface area contributed by atoms with Crippen molar-refractivity contribution >= 4 is 15.9 Å². The molecule has 0 N–H and O–H groups in total. The molecular weight excluding hydrogens is 323 g/mol. The van der Waals surface area contributed by atoms with Crippen LogP contribution in [-0.4, -0.2) is 9.78 Å². The Morgan fingerprint density at radius 1 is 1.35 bits per heavy atom. The molecule has 0 aliphatic rings. The number of halogens is 2. The largest absolute Gasteiger partial charge is 0.487 e. The van der Waals surface area contributed by atoms with Crippen LogP contribution in [0.4, 0.5) is 4.39 Å². The van der Waals surface area contributed by atoms with Gasteiger partial charge in [-0.1, -0.05) is 6.92 Å². The molecule has 1 aromatic heterocycles. The van der Waals surface area contributed by atoms with Crippen LogP contribution in [0.1, 0.15) is 30.8 Å². The standard InChI is InChI=1S/C15H18BrFN2O/c1-4-12-15(16)13(19(5-2)18-12)9-20-14-7-6-11(17)8-10(14)3/h6-8H,4-5,9H2,1-3H3. The van der Waals surface area contributed by atoms with E-state index in [4.69, 9.17) is 4.74 Å². The van der Waals surface area contributed by atoms with E-state index in [1.54, 1.807) is 6.07 Å². The lowest BCUT2D eigenvalue weighted by molar-refractivity contribution is 0.289. The van der Waals surface area contributed by atoms with Crippen LogP contribution >= 0.6 is 15.9 Å². The molecule has 20 heavy (non-hydrogen) atoms. The number of hydrogen-bond donors (Lipinski definition) is 0. The molecule has 0 fully saturated rings. The highest BCUT2D eigenvalue weighted by Crippen LogP contribution is 2.25. The maximum Gasteiger partial charge on any atom is 0.131 e. The van der Waals surface area contributed by atoms with Crippen LogP contribution in [0.15, 0.2) is 22.7 Å². The first-order chi connectivity index (χ1) is 9.56. The van der Waals surface area contributed by atoms with Crippen molar-refractivity contribution in [2.45, 2.75) is 40.3 Å². The lowest BCUT2D eigenvalue weighted by atomic mass is 10.2. The van der Waals surface area contributed by atoms with Crippen molar-refractivity contribution in [3.8, 4) is 5.75 Å². The van der Waals surface area contributed by atoms with Gasteiger partial charge in [-0.3, -0.25) is 4.68 Å². The SMILES string of the molecule is CCc1nn(CC)c(COc2ccc(F)cc2C)c1Br. The molecule has 1 aromatic carbocycles. The summed E-state index contributed by atoms with van der Waals surface area (Å²) in [5, 5.41) is 4.53. The molecule has 0 saturated heterocycles. The number of ether oxygens (including phenoxy) is 1. The summed E-state index contributed by atoms with van der Waals surface area (Å²) in [4.78, 5) is 0. The zero-order chi connectivity index (χ0) is 14.7. The predicted molar refractivity (Wildman–Crippen MR) is 80.4 cm³/mol. The van der Waals surface area contributed by atoms with E-state index in [-0.39, 0.29) is 5.82 Å². The van der Waals surface area contributed by atoms with Crippen LogP contribution in [0.5, 0.6) is 5.75 Å². The van der Waals surface area contributed by atoms with Gasteiger partial charge in [-0.05, 0) is 60.0 Å². The van der Waals surface area contributed by atoms with E-state index in [0.29, 0.717) is 12.4 Å². The normalized spacial score (nSPS) is 10.8. The van der Waals surface area contributed by atoms with Crippen molar-refractivity contribution in [1.29, 1.82) is 0 Å². The smallest absolute Gasteiger partial charge is 0.131 e. The summed E-state index contributed by atoms with van der Waals surface area (Å²) in [6.07, 6.45) is 0.871. The summed E-state index contributed by atoms with van der Waals surface area (Å²) in [5.74, 6) is 0.447. The number of benzene rings is 1. The number of hydrogen-bond acceptors (Lipinski definition) is 2. The molecule has 0 spiro atoms. The van der Waals surface area contributed by atoms with E-state index in [0.717, 1.165) is 34.4 Å². The van der Waals surface area contributed by atoms with Crippen LogP contribution in [-0.2, 0) is 19.6 Å². The van der Waals surface area contributed by atoms with Gasteiger partial charge in [0.1, 0.15) is 18.2 Å². The van der Waals surface area contributed by atoms with Crippen LogP contribution in [0, 0.1) is 12.7 Å². The highest BCUT2D eigenvalue weighted by Gasteiger charge is 2.14. The van der Waals surface area contributed by atoms with Gasteiger partial charge in [0.05, 0.1) is 15.9 Å². The van der Waals surface area contributed by atoms with Crippen molar-refractivity contribution in [2.75, 3.05) is 0 Å². The molecule has 2 aromatic rings. The Balaban J connectivity index is 2.20. The third-order valence-electron chi connectivity index (χ3n) is 3.20. The van der Waals surface area contributed by atoms with Gasteiger partial charge in [0.25, 0.3) is 0 Å². The first-order valence-electron chi connectivity index (χ1n) is 6.69. The molecule has 0 saturated carbocycles. The first-order valence-corrected chi connectivity index (χ1v) is 7.49. The molecule has 0 bridgehead atoms. The van der Waals surface area contributed by atoms with E-state index in [1.807, 2.05) is 18.5 Å². The topological polar surface area (TPSA) is 27.1 Å². The second-order valence-corrected chi connectivity index (χ2v) is 5.37. The van der Waals surface area contributed by atoms with Gasteiger partial charge < -0.3 is 4.74 Å². The molecule has 0 aliphatic carbocycles. The Labute approximate surface area is 126 Å². The molecule has 1 heterocycles. The van der Waals surface area contributed by atoms with Crippen LogP contribution in [0.2, 0.25) is 0 Å². The molecule has 2 rings (SSSR count). The number of aryl methyl sites for hydroxylation is 3. The fourth-order valence-electron chi connectivity index (χ4n) is 2.08. The van der Waals surface area contributed by atoms with Gasteiger partial charge in [-0.2, -0.15) is 5.10 Å². The van der Waals surface area contributed by atoms with Crippen molar-refractivity contribution < 1.29 is 9.13 Å². The van der Waals surface area contributed by atoms with E-state index >= 15 is 0 Å². The zero-order valence-electron chi connectivity index (χ0n) is 11.9. The van der Waals surface area contributed by atoms with Crippen molar-refractivity contribution in [3.63, 3.8) is 0 Å². The summed E-state index contributed by atoms with van der Waals surface area (Å²) < 4.78 is 21.8. The summed E-state index contributed by atoms with van der Waals surface area (Å²) >= 11 is 3.58. The van der Waals surface area contributed by atoms with Crippen molar-refractivity contribution in [3.05, 3.63) is 45.4 Å². The van der Waals surface area contributed by atoms with Crippen molar-refractivity contribution in [1.82, 2.24) is 9.78 Å². The zero-order valence-corrected chi connectivity index (χ0v) is 13.5. The van der Waals surface area contributed by atoms with Crippen LogP contribution in [0.25, 0.3) is 0 Å². The Kier molecular flexibility index (Phi) is 4.81. The number of rotatable bonds is 5. The average Bonchev–Trinajstić information content (AvgIpc) is 2.74. The molecule has 0 atom stereocenters. The lowest BCUT2D eigenvalue weighted by Crippen LogP contribution is -2.07. The van der Waals surface area contributed by atoms with Gasteiger partial charge >= 0.3 is 0 Å². The van der Waals surface area contributed by atoms with Crippen molar-refractivity contribution in [2.24, 2.45) is 0 Å². The first kappa shape index (κ1) is 15.0. The van der Waals surface area contributed by atoms with E-state index in [9.17, 15) is 4.39 Å². The summed E-state index contributed by atoms with van der Waals surface area (Å²) in [5.41, 5.74) is 2.83. The monoisotopic (exact) mass is 340 g/mol. The Morgan fingerprint density at radius 2 is 2.10 bits per heavy atom. The van der Waals surface area contributed by atoms with E-state index in [1.165, 1.54) is 12.1 Å². The minimum absolute atomic E-state index is 0.247. The maximum absolute atomic E-state index is 13.1. The van der Waals surface area contributed by atoms with Crippen LogP contribution in [0.3, 0.4) is 0 Å². The molecule has 0 amide bonds. The van der Waals surface area contributed by atoms with Gasteiger partial charge in [0, 0.05) is 6.54 Å². The minimum atomic E-state index is -0.247. The number of nitrogens with zero attached hydrogens (tertiary/aromatic N) is 2. The lowest BCUT2D eigenvalue weighted by Gasteiger charge is -2.10. The van der Waals surface area contributed by atoms with E-state index < -0.39 is 0 Å². The van der Waals surface area contributed by atoms with Gasteiger partial charge in [-0.15, -0.1) is 0 Å². The highest BCUT2D eigenvalue weighted by molar-refractivity contribution is 9.10. The van der Waals surface area contributed by atoms with E-state index in [2.05, 4.69) is 28.0 Å². The van der Waals surface area contributed by atoms with Gasteiger partial charge in [-0.25, -0.2) is 4.39 Å². The fourth-order valence-corrected chi connectivity index (χ4v) is 2.75. The fraction of sp³-hybridized carbons (Fsp3) is 0.400. The molecule has 108 valence electrons. The molecule has 5 heteroatoms. The second kappa shape index (κ2) is 6.39. The van der Waals surface area contributed by atoms with Crippen LogP contribution < -0.4 is 4.74 Å². The Hall–Kier alpha value is -1.36. The molecule has 0 unspecified atom stereocenters. The Morgan fingerprint density at radius 3 is 2.70 bits per heavy atom. The second-order valence-electron chi connectivity index (χ2n) is 4.58. The summed E-state index contributed by atoms with van der Waals surface area (Å²) in [6, 6.07) is 4.54. The number of aromatic nitrogens is 2. The summed E-state index contributed by atoms with van der Waals surface area (Å²) in [7, 11) is 0. The average molecular weight is 341 g/mol. The minimum Gasteiger partial charge on any atom is -0.487 e. The highest BCUT2D eigenvalue weighted by atomic mass is 79.9. The molecular formula is C15H18BrFN2O. The molecule has 3 nitrogen and oxygen atoms in total. The predicted octanol–water partition coefficient (Wildman–Crippen LogP) is 4.25. The maximum atomic E-state index is 13.1. The molecule has 0 aliphatic heterocycles. The molecule has 0 radical (unpaired) electrons.